The largest absolute Gasteiger partial charge is 0.507 e. The molecule has 6 heteroatoms. The molecule has 36 heavy (non-hydrogen) atoms. The highest BCUT2D eigenvalue weighted by Gasteiger charge is 2.48. The van der Waals surface area contributed by atoms with E-state index in [1.165, 1.54) is 11.2 Å². The third-order valence-corrected chi connectivity index (χ3v) is 6.46. The summed E-state index contributed by atoms with van der Waals surface area (Å²) in [5, 5.41) is 11.5. The number of aliphatic hydroxyl groups is 1. The van der Waals surface area contributed by atoms with E-state index < -0.39 is 17.7 Å². The number of nitrogens with zero attached hydrogens (tertiary/aromatic N) is 1. The number of rotatable bonds is 6. The molecule has 4 rings (SSSR count). The molecule has 2 aromatic carbocycles. The number of amides is 1. The number of anilines is 1. The number of aliphatic hydroxyl groups excluding tert-OH is 1. The van der Waals surface area contributed by atoms with E-state index >= 15 is 0 Å². The van der Waals surface area contributed by atoms with Crippen LogP contribution in [0, 0.1) is 0 Å². The lowest BCUT2D eigenvalue weighted by Crippen LogP contribution is -2.29. The smallest absolute Gasteiger partial charge is 0.300 e. The van der Waals surface area contributed by atoms with Crippen molar-refractivity contribution in [1.29, 1.82) is 0 Å². The van der Waals surface area contributed by atoms with Gasteiger partial charge in [-0.05, 0) is 66.3 Å². The molecule has 188 valence electrons. The lowest BCUT2D eigenvalue weighted by Gasteiger charge is -2.25. The number of hydrogen-bond donors (Lipinski definition) is 1. The summed E-state index contributed by atoms with van der Waals surface area (Å²) < 4.78 is 11.5. The predicted octanol–water partition coefficient (Wildman–Crippen LogP) is 6.73. The lowest BCUT2D eigenvalue weighted by molar-refractivity contribution is -0.132. The molecule has 0 bridgehead atoms. The topological polar surface area (TPSA) is 80.0 Å². The Balaban J connectivity index is 1.88. The second-order valence-electron chi connectivity index (χ2n) is 10.3. The molecule has 1 fully saturated rings. The van der Waals surface area contributed by atoms with Crippen LogP contribution < -0.4 is 9.64 Å². The second-order valence-corrected chi connectivity index (χ2v) is 10.3. The van der Waals surface area contributed by atoms with Crippen molar-refractivity contribution in [1.82, 2.24) is 0 Å². The van der Waals surface area contributed by atoms with E-state index in [4.69, 9.17) is 9.15 Å². The molecular weight excluding hydrogens is 454 g/mol. The van der Waals surface area contributed by atoms with Gasteiger partial charge in [-0.15, -0.1) is 0 Å². The summed E-state index contributed by atoms with van der Waals surface area (Å²) >= 11 is 0. The van der Waals surface area contributed by atoms with E-state index in [0.29, 0.717) is 29.5 Å². The number of furan rings is 1. The zero-order chi connectivity index (χ0) is 26.2. The molecule has 1 amide bonds. The summed E-state index contributed by atoms with van der Waals surface area (Å²) in [6, 6.07) is 15.4. The molecule has 0 saturated carbocycles. The van der Waals surface area contributed by atoms with Gasteiger partial charge in [0.1, 0.15) is 23.3 Å². The Labute approximate surface area is 212 Å². The van der Waals surface area contributed by atoms with Crippen molar-refractivity contribution >= 4 is 23.1 Å². The van der Waals surface area contributed by atoms with Crippen molar-refractivity contribution in [3.8, 4) is 5.75 Å². The van der Waals surface area contributed by atoms with E-state index in [2.05, 4.69) is 34.6 Å². The summed E-state index contributed by atoms with van der Waals surface area (Å²) in [6.07, 6.45) is 1.49. The Morgan fingerprint density at radius 1 is 1.08 bits per heavy atom. The van der Waals surface area contributed by atoms with Crippen LogP contribution in [0.1, 0.15) is 76.0 Å². The fourth-order valence-corrected chi connectivity index (χ4v) is 4.53. The van der Waals surface area contributed by atoms with Crippen LogP contribution in [0.3, 0.4) is 0 Å². The molecule has 0 radical (unpaired) electrons. The molecule has 1 aliphatic heterocycles. The first-order valence-electron chi connectivity index (χ1n) is 12.3. The van der Waals surface area contributed by atoms with Gasteiger partial charge in [-0.1, -0.05) is 46.8 Å². The molecule has 3 aromatic rings. The first-order valence-corrected chi connectivity index (χ1v) is 12.3. The van der Waals surface area contributed by atoms with Gasteiger partial charge >= 0.3 is 0 Å². The van der Waals surface area contributed by atoms with Gasteiger partial charge in [0.15, 0.2) is 0 Å². The van der Waals surface area contributed by atoms with E-state index in [-0.39, 0.29) is 16.7 Å². The van der Waals surface area contributed by atoms with Crippen LogP contribution in [0.25, 0.3) is 5.76 Å². The van der Waals surface area contributed by atoms with Gasteiger partial charge in [0.2, 0.25) is 0 Å². The van der Waals surface area contributed by atoms with Gasteiger partial charge < -0.3 is 14.3 Å². The van der Waals surface area contributed by atoms with E-state index in [1.807, 2.05) is 37.3 Å². The lowest BCUT2D eigenvalue weighted by atomic mass is 9.84. The quantitative estimate of drug-likeness (QED) is 0.237. The third kappa shape index (κ3) is 4.55. The molecule has 6 nitrogen and oxygen atoms in total. The van der Waals surface area contributed by atoms with Crippen molar-refractivity contribution in [3.63, 3.8) is 0 Å². The number of benzene rings is 2. The Kier molecular flexibility index (Phi) is 6.81. The molecule has 1 N–H and O–H groups in total. The summed E-state index contributed by atoms with van der Waals surface area (Å²) in [7, 11) is 0. The number of hydrogen-bond acceptors (Lipinski definition) is 5. The highest BCUT2D eigenvalue weighted by molar-refractivity contribution is 6.51. The number of Topliss-reactive ketones (excluding diaryl/α,β-unsaturated/α-hetero) is 1. The average molecular weight is 488 g/mol. The molecule has 1 saturated heterocycles. The molecule has 1 aromatic heterocycles. The average Bonchev–Trinajstić information content (AvgIpc) is 3.45. The molecule has 0 aliphatic carbocycles. The first kappa shape index (κ1) is 25.3. The minimum Gasteiger partial charge on any atom is -0.507 e. The van der Waals surface area contributed by atoms with Crippen LogP contribution in [0.5, 0.6) is 5.75 Å². The highest BCUT2D eigenvalue weighted by Crippen LogP contribution is 2.43. The van der Waals surface area contributed by atoms with Crippen LogP contribution in [-0.4, -0.2) is 23.4 Å². The van der Waals surface area contributed by atoms with Crippen molar-refractivity contribution < 1.29 is 23.8 Å². The van der Waals surface area contributed by atoms with Gasteiger partial charge in [0.05, 0.1) is 18.4 Å². The van der Waals surface area contributed by atoms with E-state index in [1.54, 1.807) is 24.3 Å². The fourth-order valence-electron chi connectivity index (χ4n) is 4.53. The second kappa shape index (κ2) is 9.69. The number of ether oxygens (including phenoxy) is 1. The Morgan fingerprint density at radius 2 is 1.78 bits per heavy atom. The molecule has 1 unspecified atom stereocenters. The van der Waals surface area contributed by atoms with Crippen LogP contribution in [0.2, 0.25) is 0 Å². The zero-order valence-corrected chi connectivity index (χ0v) is 21.7. The summed E-state index contributed by atoms with van der Waals surface area (Å²) in [5.74, 6) is -0.276. The van der Waals surface area contributed by atoms with Crippen LogP contribution >= 0.6 is 0 Å². The van der Waals surface area contributed by atoms with Gasteiger partial charge in [-0.3, -0.25) is 14.5 Å². The standard InChI is InChI=1S/C30H33NO5/c1-7-35-23-15-12-20(17-22(23)30(4,5)6)27(32)25-26(24-9-8-16-36-24)31(29(34)28(25)33)21-13-10-19(11-14-21)18(2)3/h8-18,26,32H,7H2,1-6H3/b27-25-. The van der Waals surface area contributed by atoms with Gasteiger partial charge in [-0.25, -0.2) is 0 Å². The zero-order valence-electron chi connectivity index (χ0n) is 21.7. The Hall–Kier alpha value is -3.80. The van der Waals surface area contributed by atoms with Gasteiger partial charge in [-0.2, -0.15) is 0 Å². The molecular formula is C30H33NO5. The number of carbonyl (C=O) groups is 2. The van der Waals surface area contributed by atoms with Crippen LogP contribution in [0.15, 0.2) is 70.9 Å². The van der Waals surface area contributed by atoms with Gasteiger partial charge in [0.25, 0.3) is 11.7 Å². The van der Waals surface area contributed by atoms with Crippen molar-refractivity contribution in [2.45, 2.75) is 58.9 Å². The minimum atomic E-state index is -0.894. The minimum absolute atomic E-state index is 0.00750. The maximum absolute atomic E-state index is 13.4. The van der Waals surface area contributed by atoms with Crippen molar-refractivity contribution in [2.75, 3.05) is 11.5 Å². The van der Waals surface area contributed by atoms with E-state index in [0.717, 1.165) is 16.9 Å². The monoisotopic (exact) mass is 487 g/mol. The van der Waals surface area contributed by atoms with E-state index in [9.17, 15) is 14.7 Å². The summed E-state index contributed by atoms with van der Waals surface area (Å²) in [4.78, 5) is 28.1. The molecule has 0 spiro atoms. The van der Waals surface area contributed by atoms with Crippen LogP contribution in [-0.2, 0) is 15.0 Å². The molecule has 2 heterocycles. The van der Waals surface area contributed by atoms with Gasteiger partial charge in [0, 0.05) is 16.8 Å². The number of ketones is 1. The number of carbonyl (C=O) groups excluding carboxylic acids is 2. The van der Waals surface area contributed by atoms with Crippen molar-refractivity contribution in [3.05, 3.63) is 88.9 Å². The Bertz CT molecular complexity index is 1290. The summed E-state index contributed by atoms with van der Waals surface area (Å²) in [5.41, 5.74) is 2.73. The maximum Gasteiger partial charge on any atom is 0.300 e. The fraction of sp³-hybridized carbons (Fsp3) is 0.333. The SMILES string of the molecule is CCOc1ccc(/C(O)=C2/C(=O)C(=O)N(c3ccc(C(C)C)cc3)C2c2ccco2)cc1C(C)(C)C. The molecule has 1 atom stereocenters. The Morgan fingerprint density at radius 3 is 2.33 bits per heavy atom. The maximum atomic E-state index is 13.4. The predicted molar refractivity (Wildman–Crippen MR) is 140 cm³/mol. The van der Waals surface area contributed by atoms with Crippen molar-refractivity contribution in [2.24, 2.45) is 0 Å². The molecule has 1 aliphatic rings. The van der Waals surface area contributed by atoms with Crippen LogP contribution in [0.4, 0.5) is 5.69 Å². The normalized spacial score (nSPS) is 17.8. The summed E-state index contributed by atoms with van der Waals surface area (Å²) in [6.45, 7) is 12.8. The third-order valence-electron chi connectivity index (χ3n) is 6.46. The highest BCUT2D eigenvalue weighted by atomic mass is 16.5. The first-order chi connectivity index (χ1) is 17.0.